The number of nitrogens with one attached hydrogen (secondary N) is 1. The molecule has 4 heteroatoms. The van der Waals surface area contributed by atoms with Crippen molar-refractivity contribution in [3.63, 3.8) is 0 Å². The third-order valence-electron chi connectivity index (χ3n) is 3.10. The Hall–Kier alpha value is -1.97. The molecule has 0 aliphatic heterocycles. The average molecular weight is 260 g/mol. The number of ether oxygens (including phenoxy) is 1. The zero-order valence-corrected chi connectivity index (χ0v) is 11.2. The highest BCUT2D eigenvalue weighted by Gasteiger charge is 2.10. The molecule has 0 amide bonds. The predicted molar refractivity (Wildman–Crippen MR) is 77.1 cm³/mol. The quantitative estimate of drug-likeness (QED) is 0.474. The van der Waals surface area contributed by atoms with E-state index in [1.807, 2.05) is 12.1 Å². The van der Waals surface area contributed by atoms with Crippen molar-refractivity contribution in [1.82, 2.24) is 4.98 Å². The Morgan fingerprint density at radius 1 is 1.26 bits per heavy atom. The third kappa shape index (κ3) is 3.50. The number of esters is 1. The number of rotatable bonds is 6. The first kappa shape index (κ1) is 13.5. The van der Waals surface area contributed by atoms with Crippen LogP contribution in [0.4, 0.5) is 5.69 Å². The molecule has 0 unspecified atom stereocenters. The van der Waals surface area contributed by atoms with Crippen LogP contribution in [-0.2, 0) is 4.74 Å². The van der Waals surface area contributed by atoms with Gasteiger partial charge in [-0.3, -0.25) is 0 Å². The van der Waals surface area contributed by atoms with Crippen LogP contribution in [0.1, 0.15) is 43.1 Å². The minimum atomic E-state index is -0.300. The Morgan fingerprint density at radius 3 is 2.89 bits per heavy atom. The smallest absolute Gasteiger partial charge is 0.354 e. The van der Waals surface area contributed by atoms with Crippen LogP contribution in [0.15, 0.2) is 24.3 Å². The molecule has 0 saturated carbocycles. The van der Waals surface area contributed by atoms with Crippen LogP contribution in [0, 0.1) is 0 Å². The Labute approximate surface area is 112 Å². The predicted octanol–water partition coefficient (Wildman–Crippen LogP) is 3.49. The normalized spacial score (nSPS) is 10.8. The molecule has 0 aliphatic carbocycles. The summed E-state index contributed by atoms with van der Waals surface area (Å²) >= 11 is 0. The minimum absolute atomic E-state index is 0.300. The largest absolute Gasteiger partial charge is 0.461 e. The van der Waals surface area contributed by atoms with Gasteiger partial charge in [-0.05, 0) is 30.7 Å². The average Bonchev–Trinajstić information content (AvgIpc) is 2.81. The molecule has 0 radical (unpaired) electrons. The number of anilines is 1. The molecule has 0 fully saturated rings. The number of nitrogen functional groups attached to an aromatic ring is 1. The third-order valence-corrected chi connectivity index (χ3v) is 3.10. The van der Waals surface area contributed by atoms with E-state index in [-0.39, 0.29) is 5.97 Å². The fourth-order valence-electron chi connectivity index (χ4n) is 2.03. The fraction of sp³-hybridized carbons (Fsp3) is 0.400. The zero-order valence-electron chi connectivity index (χ0n) is 11.2. The Bertz CT molecular complexity index is 560. The number of aromatic amines is 1. The number of nitrogens with two attached hydrogens (primary N) is 1. The van der Waals surface area contributed by atoms with Gasteiger partial charge in [-0.1, -0.05) is 26.2 Å². The number of hydrogen-bond acceptors (Lipinski definition) is 3. The highest BCUT2D eigenvalue weighted by Crippen LogP contribution is 2.18. The van der Waals surface area contributed by atoms with E-state index in [0.29, 0.717) is 18.0 Å². The maximum absolute atomic E-state index is 11.8. The standard InChI is InChI=1S/C15H20N2O2/c1-2-3-4-5-8-19-15(18)14-10-11-9-12(16)6-7-13(11)17-14/h6-7,9-10,17H,2-5,8,16H2,1H3. The number of hydrogen-bond donors (Lipinski definition) is 2. The van der Waals surface area contributed by atoms with Crippen LogP contribution in [0.2, 0.25) is 0 Å². The SMILES string of the molecule is CCCCCCOC(=O)c1cc2cc(N)ccc2[nH]1. The van der Waals surface area contributed by atoms with E-state index in [2.05, 4.69) is 11.9 Å². The number of unbranched alkanes of at least 4 members (excludes halogenated alkanes) is 3. The van der Waals surface area contributed by atoms with Crippen molar-refractivity contribution in [2.24, 2.45) is 0 Å². The molecule has 3 N–H and O–H groups in total. The van der Waals surface area contributed by atoms with Crippen LogP contribution >= 0.6 is 0 Å². The van der Waals surface area contributed by atoms with Gasteiger partial charge in [0.25, 0.3) is 0 Å². The van der Waals surface area contributed by atoms with Gasteiger partial charge in [-0.25, -0.2) is 4.79 Å². The van der Waals surface area contributed by atoms with Gasteiger partial charge in [-0.15, -0.1) is 0 Å². The summed E-state index contributed by atoms with van der Waals surface area (Å²) in [7, 11) is 0. The van der Waals surface area contributed by atoms with Gasteiger partial charge in [-0.2, -0.15) is 0 Å². The number of carbonyl (C=O) groups excluding carboxylic acids is 1. The lowest BCUT2D eigenvalue weighted by Gasteiger charge is -2.02. The summed E-state index contributed by atoms with van der Waals surface area (Å²) in [6.07, 6.45) is 4.39. The summed E-state index contributed by atoms with van der Waals surface area (Å²) in [5, 5.41) is 0.929. The summed E-state index contributed by atoms with van der Waals surface area (Å²) in [5.74, 6) is -0.300. The first-order valence-corrected chi connectivity index (χ1v) is 6.76. The van der Waals surface area contributed by atoms with E-state index in [0.717, 1.165) is 23.7 Å². The molecule has 4 nitrogen and oxygen atoms in total. The lowest BCUT2D eigenvalue weighted by molar-refractivity contribution is 0.0492. The van der Waals surface area contributed by atoms with Gasteiger partial charge in [0.05, 0.1) is 6.61 Å². The molecule has 19 heavy (non-hydrogen) atoms. The van der Waals surface area contributed by atoms with Gasteiger partial charge in [0.2, 0.25) is 0 Å². The van der Waals surface area contributed by atoms with Crippen molar-refractivity contribution in [2.75, 3.05) is 12.3 Å². The fourth-order valence-corrected chi connectivity index (χ4v) is 2.03. The summed E-state index contributed by atoms with van der Waals surface area (Å²) in [6.45, 7) is 2.64. The molecule has 1 aromatic heterocycles. The molecular formula is C15H20N2O2. The van der Waals surface area contributed by atoms with E-state index >= 15 is 0 Å². The van der Waals surface area contributed by atoms with Crippen LogP contribution < -0.4 is 5.73 Å². The van der Waals surface area contributed by atoms with Crippen LogP contribution in [-0.4, -0.2) is 17.6 Å². The van der Waals surface area contributed by atoms with Crippen molar-refractivity contribution in [2.45, 2.75) is 32.6 Å². The molecule has 0 spiro atoms. The van der Waals surface area contributed by atoms with E-state index in [1.54, 1.807) is 12.1 Å². The van der Waals surface area contributed by atoms with Gasteiger partial charge in [0.1, 0.15) is 5.69 Å². The first-order chi connectivity index (χ1) is 9.20. The van der Waals surface area contributed by atoms with E-state index in [1.165, 1.54) is 12.8 Å². The second-order valence-corrected chi connectivity index (χ2v) is 4.73. The molecule has 102 valence electrons. The number of H-pyrrole nitrogens is 1. The molecule has 1 aromatic carbocycles. The Kier molecular flexibility index (Phi) is 4.44. The highest BCUT2D eigenvalue weighted by molar-refractivity contribution is 5.95. The monoisotopic (exact) mass is 260 g/mol. The topological polar surface area (TPSA) is 68.1 Å². The molecule has 0 atom stereocenters. The van der Waals surface area contributed by atoms with Gasteiger partial charge < -0.3 is 15.5 Å². The Balaban J connectivity index is 1.94. The van der Waals surface area contributed by atoms with Gasteiger partial charge in [0, 0.05) is 16.6 Å². The summed E-state index contributed by atoms with van der Waals surface area (Å²) in [4.78, 5) is 14.9. The summed E-state index contributed by atoms with van der Waals surface area (Å²) < 4.78 is 5.23. The molecule has 0 saturated heterocycles. The van der Waals surface area contributed by atoms with E-state index in [9.17, 15) is 4.79 Å². The number of carbonyl (C=O) groups is 1. The second-order valence-electron chi connectivity index (χ2n) is 4.73. The molecule has 0 bridgehead atoms. The summed E-state index contributed by atoms with van der Waals surface area (Å²) in [5.41, 5.74) is 7.77. The highest BCUT2D eigenvalue weighted by atomic mass is 16.5. The van der Waals surface area contributed by atoms with E-state index in [4.69, 9.17) is 10.5 Å². The van der Waals surface area contributed by atoms with Crippen molar-refractivity contribution in [1.29, 1.82) is 0 Å². The number of benzene rings is 1. The van der Waals surface area contributed by atoms with Crippen LogP contribution in [0.5, 0.6) is 0 Å². The molecule has 2 aromatic rings. The maximum Gasteiger partial charge on any atom is 0.354 e. The van der Waals surface area contributed by atoms with Crippen LogP contribution in [0.3, 0.4) is 0 Å². The Morgan fingerprint density at radius 2 is 2.11 bits per heavy atom. The van der Waals surface area contributed by atoms with Gasteiger partial charge in [0.15, 0.2) is 0 Å². The molecule has 1 heterocycles. The molecule has 2 rings (SSSR count). The second kappa shape index (κ2) is 6.27. The van der Waals surface area contributed by atoms with Crippen LogP contribution in [0.25, 0.3) is 10.9 Å². The maximum atomic E-state index is 11.8. The van der Waals surface area contributed by atoms with Crippen molar-refractivity contribution >= 4 is 22.6 Å². The van der Waals surface area contributed by atoms with Crippen molar-refractivity contribution < 1.29 is 9.53 Å². The lowest BCUT2D eigenvalue weighted by atomic mass is 10.2. The number of fused-ring (bicyclic) bond motifs is 1. The zero-order chi connectivity index (χ0) is 13.7. The molecular weight excluding hydrogens is 240 g/mol. The number of aromatic nitrogens is 1. The summed E-state index contributed by atoms with van der Waals surface area (Å²) in [6, 6.07) is 7.28. The van der Waals surface area contributed by atoms with Crippen molar-refractivity contribution in [3.8, 4) is 0 Å². The first-order valence-electron chi connectivity index (χ1n) is 6.76. The molecule has 0 aliphatic rings. The minimum Gasteiger partial charge on any atom is -0.461 e. The van der Waals surface area contributed by atoms with Crippen molar-refractivity contribution in [3.05, 3.63) is 30.0 Å². The van der Waals surface area contributed by atoms with E-state index < -0.39 is 0 Å². The lowest BCUT2D eigenvalue weighted by Crippen LogP contribution is -2.06. The van der Waals surface area contributed by atoms with Gasteiger partial charge >= 0.3 is 5.97 Å².